The number of hydrogen-bond donors (Lipinski definition) is 2. The Bertz CT molecular complexity index is 457. The van der Waals surface area contributed by atoms with Gasteiger partial charge < -0.3 is 11.1 Å². The van der Waals surface area contributed by atoms with Crippen molar-refractivity contribution in [1.29, 1.82) is 0 Å². The zero-order valence-corrected chi connectivity index (χ0v) is 12.2. The summed E-state index contributed by atoms with van der Waals surface area (Å²) in [5.41, 5.74) is 6.25. The molecule has 0 aliphatic carbocycles. The van der Waals surface area contributed by atoms with Crippen LogP contribution in [-0.2, 0) is 4.79 Å². The van der Waals surface area contributed by atoms with Crippen LogP contribution < -0.4 is 11.1 Å². The van der Waals surface area contributed by atoms with Crippen LogP contribution in [0, 0.1) is 11.2 Å². The van der Waals surface area contributed by atoms with Gasteiger partial charge in [-0.25, -0.2) is 4.39 Å². The van der Waals surface area contributed by atoms with Gasteiger partial charge in [0.2, 0.25) is 5.91 Å². The molecule has 0 spiro atoms. The Balaban J connectivity index is 2.58. The number of rotatable bonds is 4. The highest BCUT2D eigenvalue weighted by atomic mass is 35.5. The van der Waals surface area contributed by atoms with E-state index in [0.29, 0.717) is 5.02 Å². The van der Waals surface area contributed by atoms with Crippen molar-refractivity contribution >= 4 is 23.2 Å². The van der Waals surface area contributed by atoms with Gasteiger partial charge in [0.25, 0.3) is 0 Å². The summed E-state index contributed by atoms with van der Waals surface area (Å²) in [6.45, 7) is 6.19. The molecule has 106 valence electrons. The average Bonchev–Trinajstić information content (AvgIpc) is 2.20. The predicted octanol–water partition coefficient (Wildman–Crippen LogP) is 3.57. The van der Waals surface area contributed by atoms with E-state index in [4.69, 9.17) is 17.3 Å². The number of halogens is 2. The minimum absolute atomic E-state index is 0.0657. The Hall–Kier alpha value is -1.13. The smallest absolute Gasteiger partial charge is 0.225 e. The van der Waals surface area contributed by atoms with E-state index < -0.39 is 5.82 Å². The van der Waals surface area contributed by atoms with Crippen LogP contribution in [0.3, 0.4) is 0 Å². The molecule has 1 aromatic carbocycles. The molecule has 19 heavy (non-hydrogen) atoms. The van der Waals surface area contributed by atoms with Gasteiger partial charge >= 0.3 is 0 Å². The zero-order valence-electron chi connectivity index (χ0n) is 11.5. The fraction of sp³-hybridized carbons (Fsp3) is 0.500. The third-order valence-electron chi connectivity index (χ3n) is 2.52. The molecule has 0 saturated carbocycles. The summed E-state index contributed by atoms with van der Waals surface area (Å²) in [6.07, 6.45) is 0.918. The number of nitrogens with one attached hydrogen (secondary N) is 1. The van der Waals surface area contributed by atoms with Crippen molar-refractivity contribution in [2.45, 2.75) is 39.7 Å². The molecule has 3 nitrogen and oxygen atoms in total. The molecule has 5 heteroatoms. The summed E-state index contributed by atoms with van der Waals surface area (Å²) in [7, 11) is 0. The van der Waals surface area contributed by atoms with Gasteiger partial charge in [0.15, 0.2) is 0 Å². The molecule has 0 aliphatic rings. The second-order valence-corrected chi connectivity index (χ2v) is 6.31. The fourth-order valence-electron chi connectivity index (χ4n) is 1.89. The first kappa shape index (κ1) is 15.9. The molecule has 0 fully saturated rings. The topological polar surface area (TPSA) is 55.1 Å². The van der Waals surface area contributed by atoms with Gasteiger partial charge in [-0.15, -0.1) is 0 Å². The van der Waals surface area contributed by atoms with E-state index >= 15 is 0 Å². The summed E-state index contributed by atoms with van der Waals surface area (Å²) in [5, 5.41) is 2.88. The van der Waals surface area contributed by atoms with Crippen LogP contribution in [0.1, 0.15) is 33.6 Å². The molecule has 1 atom stereocenters. The van der Waals surface area contributed by atoms with Crippen molar-refractivity contribution in [3.8, 4) is 0 Å². The third kappa shape index (κ3) is 6.03. The van der Waals surface area contributed by atoms with Crippen molar-refractivity contribution < 1.29 is 9.18 Å². The summed E-state index contributed by atoms with van der Waals surface area (Å²) in [5.74, 6) is -0.706. The number of carbonyl (C=O) groups excluding carboxylic acids is 1. The number of benzene rings is 1. The maximum atomic E-state index is 13.0. The van der Waals surface area contributed by atoms with Crippen LogP contribution in [0.5, 0.6) is 0 Å². The minimum Gasteiger partial charge on any atom is -0.327 e. The largest absolute Gasteiger partial charge is 0.327 e. The molecule has 1 rings (SSSR count). The van der Waals surface area contributed by atoms with Gasteiger partial charge in [0.05, 0.1) is 10.7 Å². The molecular formula is C14H20ClFN2O. The average molecular weight is 287 g/mol. The lowest BCUT2D eigenvalue weighted by Gasteiger charge is -2.22. The van der Waals surface area contributed by atoms with Gasteiger partial charge in [-0.2, -0.15) is 0 Å². The second-order valence-electron chi connectivity index (χ2n) is 5.90. The first-order valence-corrected chi connectivity index (χ1v) is 6.56. The maximum absolute atomic E-state index is 13.0. The summed E-state index contributed by atoms with van der Waals surface area (Å²) < 4.78 is 13.0. The molecule has 0 bridgehead atoms. The van der Waals surface area contributed by atoms with Crippen molar-refractivity contribution in [1.82, 2.24) is 0 Å². The van der Waals surface area contributed by atoms with Crippen LogP contribution in [-0.4, -0.2) is 11.9 Å². The van der Waals surface area contributed by atoms with Gasteiger partial charge in [-0.05, 0) is 30.0 Å². The molecular weight excluding hydrogens is 267 g/mol. The Labute approximate surface area is 118 Å². The number of carbonyl (C=O) groups is 1. The lowest BCUT2D eigenvalue weighted by Crippen LogP contribution is -2.31. The molecule has 0 aromatic heterocycles. The van der Waals surface area contributed by atoms with Crippen molar-refractivity contribution in [3.05, 3.63) is 29.0 Å². The zero-order chi connectivity index (χ0) is 14.6. The Morgan fingerprint density at radius 3 is 2.68 bits per heavy atom. The monoisotopic (exact) mass is 286 g/mol. The molecule has 1 amide bonds. The van der Waals surface area contributed by atoms with Crippen LogP contribution >= 0.6 is 11.6 Å². The van der Waals surface area contributed by atoms with Gasteiger partial charge in [0, 0.05) is 12.5 Å². The lowest BCUT2D eigenvalue weighted by atomic mass is 9.87. The van der Waals surface area contributed by atoms with Crippen LogP contribution in [0.25, 0.3) is 0 Å². The highest BCUT2D eigenvalue weighted by Crippen LogP contribution is 2.24. The number of anilines is 1. The molecule has 0 heterocycles. The third-order valence-corrected chi connectivity index (χ3v) is 2.85. The fourth-order valence-corrected chi connectivity index (χ4v) is 2.06. The molecule has 0 saturated heterocycles. The minimum atomic E-state index is -0.446. The summed E-state index contributed by atoms with van der Waals surface area (Å²) >= 11 is 5.87. The number of hydrogen-bond acceptors (Lipinski definition) is 2. The Morgan fingerprint density at radius 1 is 1.47 bits per heavy atom. The number of amides is 1. The van der Waals surface area contributed by atoms with Gasteiger partial charge in [0.1, 0.15) is 5.82 Å². The van der Waals surface area contributed by atoms with Crippen molar-refractivity contribution in [2.24, 2.45) is 11.1 Å². The summed E-state index contributed by atoms with van der Waals surface area (Å²) in [4.78, 5) is 11.8. The standard InChI is InChI=1S/C14H20ClFN2O/c1-14(2,3)8-10(17)7-13(19)18-12-6-9(16)4-5-11(12)15/h4-6,10H,7-8,17H2,1-3H3,(H,18,19). The molecule has 1 aromatic rings. The van der Waals surface area contributed by atoms with E-state index in [9.17, 15) is 9.18 Å². The van der Waals surface area contributed by atoms with Gasteiger partial charge in [-0.1, -0.05) is 32.4 Å². The molecule has 3 N–H and O–H groups in total. The van der Waals surface area contributed by atoms with E-state index in [2.05, 4.69) is 26.1 Å². The normalized spacial score (nSPS) is 13.2. The first-order valence-electron chi connectivity index (χ1n) is 6.18. The first-order chi connectivity index (χ1) is 8.67. The highest BCUT2D eigenvalue weighted by molar-refractivity contribution is 6.33. The molecule has 0 aliphatic heterocycles. The van der Waals surface area contributed by atoms with E-state index in [1.54, 1.807) is 0 Å². The van der Waals surface area contributed by atoms with Crippen molar-refractivity contribution in [3.63, 3.8) is 0 Å². The quantitative estimate of drug-likeness (QED) is 0.889. The van der Waals surface area contributed by atoms with E-state index in [0.717, 1.165) is 6.42 Å². The highest BCUT2D eigenvalue weighted by Gasteiger charge is 2.18. The van der Waals surface area contributed by atoms with Gasteiger partial charge in [-0.3, -0.25) is 4.79 Å². The van der Waals surface area contributed by atoms with Crippen molar-refractivity contribution in [2.75, 3.05) is 5.32 Å². The second kappa shape index (κ2) is 6.35. The van der Waals surface area contributed by atoms with Crippen LogP contribution in [0.4, 0.5) is 10.1 Å². The number of nitrogens with two attached hydrogens (primary N) is 1. The van der Waals surface area contributed by atoms with E-state index in [1.165, 1.54) is 18.2 Å². The van der Waals surface area contributed by atoms with E-state index in [1.807, 2.05) is 0 Å². The van der Waals surface area contributed by atoms with Crippen LogP contribution in [0.15, 0.2) is 18.2 Å². The Kier molecular flexibility index (Phi) is 5.32. The summed E-state index contributed by atoms with van der Waals surface area (Å²) in [6, 6.07) is 3.60. The maximum Gasteiger partial charge on any atom is 0.225 e. The molecule has 0 radical (unpaired) electrons. The predicted molar refractivity (Wildman–Crippen MR) is 76.7 cm³/mol. The Morgan fingerprint density at radius 2 is 2.11 bits per heavy atom. The lowest BCUT2D eigenvalue weighted by molar-refractivity contribution is -0.116. The van der Waals surface area contributed by atoms with Crippen LogP contribution in [0.2, 0.25) is 5.02 Å². The SMILES string of the molecule is CC(C)(C)CC(N)CC(=O)Nc1cc(F)ccc1Cl. The molecule has 1 unspecified atom stereocenters. The van der Waals surface area contributed by atoms with E-state index in [-0.39, 0.29) is 29.5 Å².